The summed E-state index contributed by atoms with van der Waals surface area (Å²) in [5, 5.41) is 3.25. The molecule has 0 saturated carbocycles. The van der Waals surface area contributed by atoms with E-state index in [0.29, 0.717) is 10.6 Å². The predicted octanol–water partition coefficient (Wildman–Crippen LogP) is 1.88. The molecule has 0 fully saturated rings. The Labute approximate surface area is 97.8 Å². The van der Waals surface area contributed by atoms with Gasteiger partial charge in [0.05, 0.1) is 17.1 Å². The maximum Gasteiger partial charge on any atom is 0.217 e. The fourth-order valence-corrected chi connectivity index (χ4v) is 1.27. The first-order chi connectivity index (χ1) is 7.11. The minimum atomic E-state index is -0.132. The van der Waals surface area contributed by atoms with Gasteiger partial charge in [-0.3, -0.25) is 4.79 Å². The van der Waals surface area contributed by atoms with Crippen LogP contribution >= 0.6 is 23.2 Å². The SMILES string of the molecule is CC(=O)NCC#Cc1c(Cl)ccnc1Cl. The van der Waals surface area contributed by atoms with Crippen molar-refractivity contribution < 1.29 is 4.79 Å². The third-order valence-corrected chi connectivity index (χ3v) is 2.09. The highest BCUT2D eigenvalue weighted by Gasteiger charge is 2.02. The molecule has 0 aliphatic rings. The second-order valence-electron chi connectivity index (χ2n) is 2.67. The summed E-state index contributed by atoms with van der Waals surface area (Å²) in [6.07, 6.45) is 1.50. The lowest BCUT2D eigenvalue weighted by molar-refractivity contribution is -0.118. The van der Waals surface area contributed by atoms with E-state index in [1.54, 1.807) is 6.07 Å². The number of halogens is 2. The molecular formula is C10H8Cl2N2O. The lowest BCUT2D eigenvalue weighted by Gasteiger charge is -1.97. The average molecular weight is 243 g/mol. The molecule has 1 rings (SSSR count). The zero-order valence-electron chi connectivity index (χ0n) is 7.97. The molecule has 0 atom stereocenters. The van der Waals surface area contributed by atoms with Crippen molar-refractivity contribution in [2.24, 2.45) is 0 Å². The van der Waals surface area contributed by atoms with Gasteiger partial charge in [0.2, 0.25) is 5.91 Å². The summed E-state index contributed by atoms with van der Waals surface area (Å²) in [6.45, 7) is 1.68. The first-order valence-electron chi connectivity index (χ1n) is 4.14. The van der Waals surface area contributed by atoms with Crippen molar-refractivity contribution in [2.75, 3.05) is 6.54 Å². The highest BCUT2D eigenvalue weighted by molar-refractivity contribution is 6.35. The van der Waals surface area contributed by atoms with Gasteiger partial charge in [0.25, 0.3) is 0 Å². The Morgan fingerprint density at radius 1 is 1.60 bits per heavy atom. The van der Waals surface area contributed by atoms with Crippen molar-refractivity contribution in [3.63, 3.8) is 0 Å². The average Bonchev–Trinajstić information content (AvgIpc) is 2.15. The molecule has 0 aliphatic carbocycles. The normalized spacial score (nSPS) is 9.00. The second-order valence-corrected chi connectivity index (χ2v) is 3.44. The van der Waals surface area contributed by atoms with Crippen LogP contribution in [0.2, 0.25) is 10.2 Å². The number of nitrogens with one attached hydrogen (secondary N) is 1. The van der Waals surface area contributed by atoms with Crippen molar-refractivity contribution in [3.8, 4) is 11.8 Å². The Bertz CT molecular complexity index is 415. The zero-order chi connectivity index (χ0) is 11.3. The standard InChI is InChI=1S/C10H8Cl2N2O/c1-7(15)13-5-2-3-8-9(11)4-6-14-10(8)12/h4,6H,5H2,1H3,(H,13,15). The molecule has 0 spiro atoms. The molecule has 3 nitrogen and oxygen atoms in total. The first-order valence-corrected chi connectivity index (χ1v) is 4.90. The van der Waals surface area contributed by atoms with E-state index in [9.17, 15) is 4.79 Å². The van der Waals surface area contributed by atoms with Crippen LogP contribution in [-0.2, 0) is 4.79 Å². The van der Waals surface area contributed by atoms with Crippen LogP contribution in [0.1, 0.15) is 12.5 Å². The summed E-state index contributed by atoms with van der Waals surface area (Å²) in [7, 11) is 0. The van der Waals surface area contributed by atoms with Gasteiger partial charge in [-0.05, 0) is 6.07 Å². The number of hydrogen-bond donors (Lipinski definition) is 1. The van der Waals surface area contributed by atoms with Gasteiger partial charge < -0.3 is 5.32 Å². The Morgan fingerprint density at radius 2 is 2.33 bits per heavy atom. The van der Waals surface area contributed by atoms with Gasteiger partial charge in [0.15, 0.2) is 0 Å². The fraction of sp³-hybridized carbons (Fsp3) is 0.200. The lowest BCUT2D eigenvalue weighted by atomic mass is 10.3. The summed E-state index contributed by atoms with van der Waals surface area (Å²) in [6, 6.07) is 1.61. The Kier molecular flexibility index (Phi) is 4.41. The second kappa shape index (κ2) is 5.59. The Balaban J connectivity index is 2.75. The molecule has 1 aromatic rings. The maximum absolute atomic E-state index is 10.5. The van der Waals surface area contributed by atoms with Gasteiger partial charge in [-0.1, -0.05) is 35.0 Å². The van der Waals surface area contributed by atoms with Gasteiger partial charge in [-0.25, -0.2) is 4.98 Å². The van der Waals surface area contributed by atoms with E-state index in [1.807, 2.05) is 0 Å². The van der Waals surface area contributed by atoms with E-state index >= 15 is 0 Å². The molecule has 5 heteroatoms. The van der Waals surface area contributed by atoms with Crippen LogP contribution < -0.4 is 5.32 Å². The van der Waals surface area contributed by atoms with Crippen LogP contribution in [-0.4, -0.2) is 17.4 Å². The van der Waals surface area contributed by atoms with E-state index in [4.69, 9.17) is 23.2 Å². The zero-order valence-corrected chi connectivity index (χ0v) is 9.49. The third kappa shape index (κ3) is 3.78. The molecule has 0 bridgehead atoms. The Morgan fingerprint density at radius 3 is 2.93 bits per heavy atom. The lowest BCUT2D eigenvalue weighted by Crippen LogP contribution is -2.19. The van der Waals surface area contributed by atoms with E-state index < -0.39 is 0 Å². The highest BCUT2D eigenvalue weighted by Crippen LogP contribution is 2.20. The number of aromatic nitrogens is 1. The molecule has 1 heterocycles. The number of carbonyl (C=O) groups excluding carboxylic acids is 1. The molecule has 1 aromatic heterocycles. The van der Waals surface area contributed by atoms with Crippen molar-refractivity contribution in [1.82, 2.24) is 10.3 Å². The molecule has 0 aliphatic heterocycles. The molecule has 78 valence electrons. The molecule has 1 N–H and O–H groups in total. The summed E-state index contributed by atoms with van der Waals surface area (Å²) >= 11 is 11.6. The minimum Gasteiger partial charge on any atom is -0.345 e. The minimum absolute atomic E-state index is 0.132. The van der Waals surface area contributed by atoms with Crippen molar-refractivity contribution in [2.45, 2.75) is 6.92 Å². The highest BCUT2D eigenvalue weighted by atomic mass is 35.5. The van der Waals surface area contributed by atoms with Gasteiger partial charge >= 0.3 is 0 Å². The van der Waals surface area contributed by atoms with E-state index in [-0.39, 0.29) is 17.6 Å². The maximum atomic E-state index is 10.5. The van der Waals surface area contributed by atoms with Crippen LogP contribution in [0.3, 0.4) is 0 Å². The molecule has 0 radical (unpaired) electrons. The monoisotopic (exact) mass is 242 g/mol. The van der Waals surface area contributed by atoms with Gasteiger partial charge in [-0.15, -0.1) is 0 Å². The van der Waals surface area contributed by atoms with E-state index in [2.05, 4.69) is 22.1 Å². The summed E-state index contributed by atoms with van der Waals surface area (Å²) in [5.74, 6) is 5.34. The van der Waals surface area contributed by atoms with Crippen LogP contribution in [0, 0.1) is 11.8 Å². The molecule has 0 aromatic carbocycles. The topological polar surface area (TPSA) is 42.0 Å². The van der Waals surface area contributed by atoms with Crippen molar-refractivity contribution in [3.05, 3.63) is 28.0 Å². The number of pyridine rings is 1. The van der Waals surface area contributed by atoms with Gasteiger partial charge in [0.1, 0.15) is 5.15 Å². The summed E-state index contributed by atoms with van der Waals surface area (Å²) in [5.41, 5.74) is 0.478. The third-order valence-electron chi connectivity index (χ3n) is 1.49. The number of amides is 1. The van der Waals surface area contributed by atoms with Crippen molar-refractivity contribution >= 4 is 29.1 Å². The molecule has 0 unspecified atom stereocenters. The summed E-state index contributed by atoms with van der Waals surface area (Å²) in [4.78, 5) is 14.4. The smallest absolute Gasteiger partial charge is 0.217 e. The predicted molar refractivity (Wildman–Crippen MR) is 59.8 cm³/mol. The quantitative estimate of drug-likeness (QED) is 0.604. The number of carbonyl (C=O) groups is 1. The molecular weight excluding hydrogens is 235 g/mol. The van der Waals surface area contributed by atoms with Crippen molar-refractivity contribution in [1.29, 1.82) is 0 Å². The summed E-state index contributed by atoms with van der Waals surface area (Å²) < 4.78 is 0. The van der Waals surface area contributed by atoms with E-state index in [0.717, 1.165) is 0 Å². The molecule has 0 saturated heterocycles. The molecule has 15 heavy (non-hydrogen) atoms. The van der Waals surface area contributed by atoms with Crippen LogP contribution in [0.25, 0.3) is 0 Å². The first kappa shape index (κ1) is 11.8. The van der Waals surface area contributed by atoms with Crippen LogP contribution in [0.15, 0.2) is 12.3 Å². The van der Waals surface area contributed by atoms with Crippen LogP contribution in [0.4, 0.5) is 0 Å². The Hall–Kier alpha value is -1.24. The number of nitrogens with zero attached hydrogens (tertiary/aromatic N) is 1. The van der Waals surface area contributed by atoms with Crippen LogP contribution in [0.5, 0.6) is 0 Å². The van der Waals surface area contributed by atoms with Gasteiger partial charge in [0, 0.05) is 13.1 Å². The largest absolute Gasteiger partial charge is 0.345 e. The number of rotatable bonds is 1. The number of hydrogen-bond acceptors (Lipinski definition) is 2. The van der Waals surface area contributed by atoms with E-state index in [1.165, 1.54) is 13.1 Å². The van der Waals surface area contributed by atoms with Gasteiger partial charge in [-0.2, -0.15) is 0 Å². The molecule has 1 amide bonds. The fourth-order valence-electron chi connectivity index (χ4n) is 0.827.